The second-order valence-corrected chi connectivity index (χ2v) is 4.73. The molecule has 1 atom stereocenters. The van der Waals surface area contributed by atoms with Crippen LogP contribution >= 0.6 is 0 Å². The van der Waals surface area contributed by atoms with Crippen molar-refractivity contribution in [2.75, 3.05) is 5.32 Å². The van der Waals surface area contributed by atoms with Gasteiger partial charge in [0, 0.05) is 11.3 Å². The quantitative estimate of drug-likeness (QED) is 0.837. The normalized spacial score (nSPS) is 17.9. The van der Waals surface area contributed by atoms with E-state index < -0.39 is 6.04 Å². The Hall–Kier alpha value is -2.62. The van der Waals surface area contributed by atoms with E-state index in [9.17, 15) is 9.59 Å². The van der Waals surface area contributed by atoms with Crippen LogP contribution in [0.4, 0.5) is 5.69 Å². The Bertz CT molecular complexity index is 653. The molecule has 2 amide bonds. The first-order chi connectivity index (χ1) is 9.74. The average molecular weight is 266 g/mol. The second-order valence-electron chi connectivity index (χ2n) is 4.73. The highest BCUT2D eigenvalue weighted by atomic mass is 16.2. The van der Waals surface area contributed by atoms with E-state index in [0.29, 0.717) is 0 Å². The number of para-hydroxylation sites is 1. The van der Waals surface area contributed by atoms with Gasteiger partial charge in [-0.2, -0.15) is 0 Å². The van der Waals surface area contributed by atoms with Crippen molar-refractivity contribution in [3.63, 3.8) is 0 Å². The van der Waals surface area contributed by atoms with Gasteiger partial charge in [0.1, 0.15) is 6.04 Å². The van der Waals surface area contributed by atoms with Crippen molar-refractivity contribution in [3.05, 3.63) is 54.6 Å². The van der Waals surface area contributed by atoms with Crippen LogP contribution in [-0.4, -0.2) is 17.9 Å². The highest BCUT2D eigenvalue weighted by Crippen LogP contribution is 2.28. The van der Waals surface area contributed by atoms with Gasteiger partial charge in [-0.3, -0.25) is 14.9 Å². The third-order valence-corrected chi connectivity index (χ3v) is 3.31. The molecule has 0 spiro atoms. The molecule has 4 heteroatoms. The van der Waals surface area contributed by atoms with Crippen LogP contribution in [0.3, 0.4) is 0 Å². The lowest BCUT2D eigenvalue weighted by Gasteiger charge is -2.15. The summed E-state index contributed by atoms with van der Waals surface area (Å²) in [6.45, 7) is 0. The molecule has 2 N–H and O–H groups in total. The van der Waals surface area contributed by atoms with E-state index in [1.54, 1.807) is 0 Å². The Morgan fingerprint density at radius 3 is 2.35 bits per heavy atom. The molecule has 100 valence electrons. The Labute approximate surface area is 116 Å². The van der Waals surface area contributed by atoms with Crippen molar-refractivity contribution >= 4 is 17.5 Å². The first kappa shape index (κ1) is 12.4. The van der Waals surface area contributed by atoms with Crippen LogP contribution in [0, 0.1) is 0 Å². The fourth-order valence-corrected chi connectivity index (χ4v) is 2.34. The zero-order valence-corrected chi connectivity index (χ0v) is 10.8. The topological polar surface area (TPSA) is 58.2 Å². The molecule has 1 aliphatic heterocycles. The van der Waals surface area contributed by atoms with Crippen LogP contribution in [-0.2, 0) is 9.59 Å². The molecule has 1 unspecified atom stereocenters. The standard InChI is InChI=1S/C16H14N2O2/c19-15-10-14(16(20)18-15)17-13-9-5-4-8-12(13)11-6-2-1-3-7-11/h1-9,14,17H,10H2,(H,18,19,20). The van der Waals surface area contributed by atoms with Gasteiger partial charge in [-0.25, -0.2) is 0 Å². The monoisotopic (exact) mass is 266 g/mol. The van der Waals surface area contributed by atoms with Gasteiger partial charge in [0.15, 0.2) is 0 Å². The lowest BCUT2D eigenvalue weighted by molar-refractivity contribution is -0.124. The summed E-state index contributed by atoms with van der Waals surface area (Å²) in [4.78, 5) is 22.9. The summed E-state index contributed by atoms with van der Waals surface area (Å²) in [5.41, 5.74) is 2.94. The van der Waals surface area contributed by atoms with Crippen molar-refractivity contribution in [1.82, 2.24) is 5.32 Å². The molecule has 0 saturated carbocycles. The summed E-state index contributed by atoms with van der Waals surface area (Å²) in [5, 5.41) is 5.46. The van der Waals surface area contributed by atoms with E-state index in [-0.39, 0.29) is 18.2 Å². The maximum atomic E-state index is 11.6. The molecule has 0 aliphatic carbocycles. The van der Waals surface area contributed by atoms with Crippen LogP contribution < -0.4 is 10.6 Å². The summed E-state index contributed by atoms with van der Waals surface area (Å²) in [6, 6.07) is 17.2. The van der Waals surface area contributed by atoms with E-state index in [4.69, 9.17) is 0 Å². The van der Waals surface area contributed by atoms with Gasteiger partial charge < -0.3 is 5.32 Å². The molecule has 4 nitrogen and oxygen atoms in total. The molecule has 1 heterocycles. The Balaban J connectivity index is 1.91. The Kier molecular flexibility index (Phi) is 3.21. The number of hydrogen-bond donors (Lipinski definition) is 2. The summed E-state index contributed by atoms with van der Waals surface area (Å²) < 4.78 is 0. The minimum atomic E-state index is -0.493. The van der Waals surface area contributed by atoms with Gasteiger partial charge in [0.2, 0.25) is 11.8 Å². The van der Waals surface area contributed by atoms with E-state index in [0.717, 1.165) is 16.8 Å². The molecule has 3 rings (SSSR count). The predicted octanol–water partition coefficient (Wildman–Crippen LogP) is 2.18. The van der Waals surface area contributed by atoms with E-state index >= 15 is 0 Å². The molecule has 2 aromatic rings. The summed E-state index contributed by atoms with van der Waals surface area (Å²) in [5.74, 6) is -0.498. The summed E-state index contributed by atoms with van der Waals surface area (Å²) in [7, 11) is 0. The van der Waals surface area contributed by atoms with E-state index in [2.05, 4.69) is 10.6 Å². The minimum absolute atomic E-state index is 0.182. The molecule has 0 bridgehead atoms. The van der Waals surface area contributed by atoms with Crippen LogP contribution in [0.5, 0.6) is 0 Å². The van der Waals surface area contributed by atoms with Crippen molar-refractivity contribution in [1.29, 1.82) is 0 Å². The Morgan fingerprint density at radius 2 is 1.65 bits per heavy atom. The molecule has 2 aromatic carbocycles. The first-order valence-corrected chi connectivity index (χ1v) is 6.49. The fourth-order valence-electron chi connectivity index (χ4n) is 2.34. The largest absolute Gasteiger partial charge is 0.373 e. The lowest BCUT2D eigenvalue weighted by atomic mass is 10.0. The first-order valence-electron chi connectivity index (χ1n) is 6.49. The van der Waals surface area contributed by atoms with Crippen molar-refractivity contribution < 1.29 is 9.59 Å². The highest BCUT2D eigenvalue weighted by Gasteiger charge is 2.30. The average Bonchev–Trinajstić information content (AvgIpc) is 2.78. The van der Waals surface area contributed by atoms with Crippen molar-refractivity contribution in [2.24, 2.45) is 0 Å². The van der Waals surface area contributed by atoms with E-state index in [1.807, 2.05) is 54.6 Å². The zero-order valence-electron chi connectivity index (χ0n) is 10.8. The molecular formula is C16H14N2O2. The maximum Gasteiger partial charge on any atom is 0.249 e. The number of amides is 2. The molecule has 1 fully saturated rings. The number of carbonyl (C=O) groups excluding carboxylic acids is 2. The third-order valence-electron chi connectivity index (χ3n) is 3.31. The predicted molar refractivity (Wildman–Crippen MR) is 77.1 cm³/mol. The van der Waals surface area contributed by atoms with Gasteiger partial charge >= 0.3 is 0 Å². The van der Waals surface area contributed by atoms with Crippen LogP contribution in [0.15, 0.2) is 54.6 Å². The fraction of sp³-hybridized carbons (Fsp3) is 0.125. The molecule has 0 aromatic heterocycles. The smallest absolute Gasteiger partial charge is 0.249 e. The van der Waals surface area contributed by atoms with Gasteiger partial charge in [-0.15, -0.1) is 0 Å². The van der Waals surface area contributed by atoms with Crippen LogP contribution in [0.1, 0.15) is 6.42 Å². The molecular weight excluding hydrogens is 252 g/mol. The minimum Gasteiger partial charge on any atom is -0.373 e. The number of benzene rings is 2. The highest BCUT2D eigenvalue weighted by molar-refractivity contribution is 6.07. The van der Waals surface area contributed by atoms with Crippen LogP contribution in [0.2, 0.25) is 0 Å². The maximum absolute atomic E-state index is 11.6. The van der Waals surface area contributed by atoms with Gasteiger partial charge in [-0.05, 0) is 11.6 Å². The van der Waals surface area contributed by atoms with Crippen LogP contribution in [0.25, 0.3) is 11.1 Å². The Morgan fingerprint density at radius 1 is 0.950 bits per heavy atom. The number of anilines is 1. The number of hydrogen-bond acceptors (Lipinski definition) is 3. The number of nitrogens with one attached hydrogen (secondary N) is 2. The number of carbonyl (C=O) groups is 2. The lowest BCUT2D eigenvalue weighted by Crippen LogP contribution is -2.30. The van der Waals surface area contributed by atoms with Crippen molar-refractivity contribution in [2.45, 2.75) is 12.5 Å². The van der Waals surface area contributed by atoms with Gasteiger partial charge in [-0.1, -0.05) is 48.5 Å². The molecule has 1 saturated heterocycles. The number of imide groups is 1. The summed E-state index contributed by atoms with van der Waals surface area (Å²) >= 11 is 0. The van der Waals surface area contributed by atoms with Gasteiger partial charge in [0.25, 0.3) is 0 Å². The SMILES string of the molecule is O=C1CC(Nc2ccccc2-c2ccccc2)C(=O)N1. The number of rotatable bonds is 3. The third kappa shape index (κ3) is 2.40. The molecule has 1 aliphatic rings. The van der Waals surface area contributed by atoms with Gasteiger partial charge in [0.05, 0.1) is 6.42 Å². The molecule has 20 heavy (non-hydrogen) atoms. The second kappa shape index (κ2) is 5.17. The summed E-state index contributed by atoms with van der Waals surface area (Å²) in [6.07, 6.45) is 0.182. The van der Waals surface area contributed by atoms with Crippen molar-refractivity contribution in [3.8, 4) is 11.1 Å². The van der Waals surface area contributed by atoms with E-state index in [1.165, 1.54) is 0 Å². The zero-order chi connectivity index (χ0) is 13.9. The molecule has 0 radical (unpaired) electrons.